The van der Waals surface area contributed by atoms with Gasteiger partial charge in [-0.1, -0.05) is 12.1 Å². The largest absolute Gasteiger partial charge is 0.395 e. The van der Waals surface area contributed by atoms with Crippen LogP contribution >= 0.6 is 0 Å². The minimum absolute atomic E-state index is 0.102. The van der Waals surface area contributed by atoms with Gasteiger partial charge in [-0.15, -0.1) is 0 Å². The molecule has 5 heteroatoms. The fourth-order valence-corrected chi connectivity index (χ4v) is 4.52. The molecule has 1 aliphatic rings. The van der Waals surface area contributed by atoms with Gasteiger partial charge < -0.3 is 10.4 Å². The minimum Gasteiger partial charge on any atom is -0.395 e. The lowest BCUT2D eigenvalue weighted by Crippen LogP contribution is -2.49. The number of aliphatic hydroxyl groups excluding tert-OH is 1. The second-order valence-electron chi connectivity index (χ2n) is 7.98. The molecule has 3 N–H and O–H groups in total. The van der Waals surface area contributed by atoms with Crippen molar-refractivity contribution in [1.29, 1.82) is 0 Å². The second kappa shape index (κ2) is 10.1. The number of aliphatic hydroxyl groups is 1. The molecule has 3 rings (SSSR count). The average molecular weight is 383 g/mol. The van der Waals surface area contributed by atoms with Crippen LogP contribution in [0.4, 0.5) is 0 Å². The molecular formula is C23H34N4O. The summed E-state index contributed by atoms with van der Waals surface area (Å²) in [4.78, 5) is 9.52. The molecule has 0 saturated carbocycles. The summed E-state index contributed by atoms with van der Waals surface area (Å²) < 4.78 is 0. The van der Waals surface area contributed by atoms with E-state index >= 15 is 0 Å². The summed E-state index contributed by atoms with van der Waals surface area (Å²) in [5.74, 6) is 0. The van der Waals surface area contributed by atoms with Gasteiger partial charge in [0.15, 0.2) is 0 Å². The maximum atomic E-state index is 8.92. The molecule has 2 aromatic rings. The first-order chi connectivity index (χ1) is 13.7. The zero-order valence-corrected chi connectivity index (χ0v) is 17.2. The monoisotopic (exact) mass is 382 g/mol. The molecule has 0 unspecified atom stereocenters. The number of unbranched alkanes of at least 4 members (excludes halogenated alkanes) is 1. The predicted molar refractivity (Wildman–Crippen MR) is 113 cm³/mol. The predicted octanol–water partition coefficient (Wildman–Crippen LogP) is 3.56. The van der Waals surface area contributed by atoms with E-state index in [-0.39, 0.29) is 18.2 Å². The SMILES string of the molecule is Cc1cccnc1[C@@H]1CCC[C@](CCCCNCCO)(c2ncccc2C)N1. The van der Waals surface area contributed by atoms with Crippen LogP contribution in [-0.4, -0.2) is 34.8 Å². The molecule has 2 aromatic heterocycles. The zero-order chi connectivity index (χ0) is 19.8. The Kier molecular flexibility index (Phi) is 7.54. The lowest BCUT2D eigenvalue weighted by molar-refractivity contribution is 0.179. The van der Waals surface area contributed by atoms with Crippen molar-refractivity contribution >= 4 is 0 Å². The Morgan fingerprint density at radius 2 is 1.89 bits per heavy atom. The summed E-state index contributed by atoms with van der Waals surface area (Å²) in [6.45, 7) is 6.14. The molecule has 0 aliphatic carbocycles. The maximum absolute atomic E-state index is 8.92. The molecular weight excluding hydrogens is 348 g/mol. The van der Waals surface area contributed by atoms with E-state index in [2.05, 4.69) is 36.6 Å². The van der Waals surface area contributed by atoms with Crippen molar-refractivity contribution in [3.63, 3.8) is 0 Å². The van der Waals surface area contributed by atoms with Crippen LogP contribution in [0.3, 0.4) is 0 Å². The fourth-order valence-electron chi connectivity index (χ4n) is 4.52. The highest BCUT2D eigenvalue weighted by atomic mass is 16.3. The smallest absolute Gasteiger partial charge is 0.0633 e. The normalized spacial score (nSPS) is 22.3. The molecule has 5 nitrogen and oxygen atoms in total. The third kappa shape index (κ3) is 4.96. The van der Waals surface area contributed by atoms with Crippen LogP contribution in [0.5, 0.6) is 0 Å². The molecule has 0 aromatic carbocycles. The molecule has 0 spiro atoms. The van der Waals surface area contributed by atoms with Gasteiger partial charge in [-0.25, -0.2) is 0 Å². The van der Waals surface area contributed by atoms with Gasteiger partial charge in [0.25, 0.3) is 0 Å². The van der Waals surface area contributed by atoms with Crippen molar-refractivity contribution in [2.45, 2.75) is 64.0 Å². The molecule has 3 heterocycles. The molecule has 2 atom stereocenters. The van der Waals surface area contributed by atoms with E-state index in [1.165, 1.54) is 28.9 Å². The van der Waals surface area contributed by atoms with Crippen molar-refractivity contribution in [2.75, 3.05) is 19.7 Å². The van der Waals surface area contributed by atoms with Crippen molar-refractivity contribution in [3.8, 4) is 0 Å². The van der Waals surface area contributed by atoms with Crippen molar-refractivity contribution < 1.29 is 5.11 Å². The summed E-state index contributed by atoms with van der Waals surface area (Å²) in [7, 11) is 0. The van der Waals surface area contributed by atoms with E-state index in [0.29, 0.717) is 6.54 Å². The van der Waals surface area contributed by atoms with E-state index in [0.717, 1.165) is 38.6 Å². The number of nitrogens with one attached hydrogen (secondary N) is 2. The van der Waals surface area contributed by atoms with E-state index in [1.807, 2.05) is 24.5 Å². The lowest BCUT2D eigenvalue weighted by atomic mass is 9.77. The van der Waals surface area contributed by atoms with Crippen LogP contribution in [0.1, 0.15) is 67.1 Å². The zero-order valence-electron chi connectivity index (χ0n) is 17.2. The summed E-state index contributed by atoms with van der Waals surface area (Å²) in [6, 6.07) is 8.62. The third-order valence-corrected chi connectivity index (χ3v) is 5.89. The van der Waals surface area contributed by atoms with Gasteiger partial charge in [-0.3, -0.25) is 15.3 Å². The van der Waals surface area contributed by atoms with Gasteiger partial charge in [0.05, 0.1) is 29.6 Å². The quantitative estimate of drug-likeness (QED) is 0.579. The van der Waals surface area contributed by atoms with Crippen LogP contribution in [0.25, 0.3) is 0 Å². The third-order valence-electron chi connectivity index (χ3n) is 5.89. The van der Waals surface area contributed by atoms with Crippen LogP contribution in [0.15, 0.2) is 36.7 Å². The first kappa shape index (κ1) is 20.9. The molecule has 1 fully saturated rings. The molecule has 28 heavy (non-hydrogen) atoms. The Hall–Kier alpha value is -1.82. The summed E-state index contributed by atoms with van der Waals surface area (Å²) >= 11 is 0. The Bertz CT molecular complexity index is 751. The first-order valence-electron chi connectivity index (χ1n) is 10.6. The Morgan fingerprint density at radius 3 is 2.64 bits per heavy atom. The molecule has 152 valence electrons. The van der Waals surface area contributed by atoms with Gasteiger partial charge in [0.2, 0.25) is 0 Å². The highest BCUT2D eigenvalue weighted by Crippen LogP contribution is 2.41. The van der Waals surface area contributed by atoms with Gasteiger partial charge in [-0.05, 0) is 82.2 Å². The van der Waals surface area contributed by atoms with Gasteiger partial charge in [-0.2, -0.15) is 0 Å². The molecule has 0 amide bonds. The molecule has 1 saturated heterocycles. The number of piperidine rings is 1. The lowest BCUT2D eigenvalue weighted by Gasteiger charge is -2.43. The molecule has 0 radical (unpaired) electrons. The van der Waals surface area contributed by atoms with Gasteiger partial charge in [0.1, 0.15) is 0 Å². The summed E-state index contributed by atoms with van der Waals surface area (Å²) in [5.41, 5.74) is 4.77. The fraction of sp³-hybridized carbons (Fsp3) is 0.565. The minimum atomic E-state index is -0.102. The van der Waals surface area contributed by atoms with Crippen LogP contribution < -0.4 is 10.6 Å². The van der Waals surface area contributed by atoms with Crippen molar-refractivity contribution in [3.05, 3.63) is 59.2 Å². The van der Waals surface area contributed by atoms with Crippen LogP contribution in [0, 0.1) is 13.8 Å². The number of pyridine rings is 2. The Labute approximate surface area is 169 Å². The van der Waals surface area contributed by atoms with E-state index in [4.69, 9.17) is 15.1 Å². The maximum Gasteiger partial charge on any atom is 0.0633 e. The molecule has 0 bridgehead atoms. The number of aromatic nitrogens is 2. The topological polar surface area (TPSA) is 70.1 Å². The summed E-state index contributed by atoms with van der Waals surface area (Å²) in [6.07, 6.45) is 10.5. The van der Waals surface area contributed by atoms with E-state index in [1.54, 1.807) is 0 Å². The highest BCUT2D eigenvalue weighted by Gasteiger charge is 2.39. The van der Waals surface area contributed by atoms with E-state index < -0.39 is 0 Å². The molecule has 1 aliphatic heterocycles. The van der Waals surface area contributed by atoms with E-state index in [9.17, 15) is 0 Å². The van der Waals surface area contributed by atoms with Crippen molar-refractivity contribution in [1.82, 2.24) is 20.6 Å². The average Bonchev–Trinajstić information content (AvgIpc) is 2.71. The summed E-state index contributed by atoms with van der Waals surface area (Å²) in [5, 5.41) is 16.2. The van der Waals surface area contributed by atoms with Gasteiger partial charge >= 0.3 is 0 Å². The first-order valence-corrected chi connectivity index (χ1v) is 10.6. The number of hydrogen-bond donors (Lipinski definition) is 3. The van der Waals surface area contributed by atoms with Crippen molar-refractivity contribution in [2.24, 2.45) is 0 Å². The standard InChI is InChI=1S/C23H34N4O/c1-18-8-6-14-25-21(18)20-10-5-12-23(27-20,11-3-4-13-24-16-17-28)22-19(2)9-7-15-26-22/h6-9,14-15,20,24,27-28H,3-5,10-13,16-17H2,1-2H3/t20-,23+/m0/s1. The highest BCUT2D eigenvalue weighted by molar-refractivity contribution is 5.29. The van der Waals surface area contributed by atoms with Crippen LogP contribution in [-0.2, 0) is 5.54 Å². The number of aryl methyl sites for hydroxylation is 2. The second-order valence-corrected chi connectivity index (χ2v) is 7.98. The van der Waals surface area contributed by atoms with Crippen LogP contribution in [0.2, 0.25) is 0 Å². The van der Waals surface area contributed by atoms with Gasteiger partial charge in [0, 0.05) is 18.9 Å². The Balaban J connectivity index is 1.80. The number of nitrogens with zero attached hydrogens (tertiary/aromatic N) is 2. The number of hydrogen-bond acceptors (Lipinski definition) is 5. The number of rotatable bonds is 9. The Morgan fingerprint density at radius 1 is 1.11 bits per heavy atom.